The number of halogens is 1. The lowest BCUT2D eigenvalue weighted by Gasteiger charge is -2.19. The highest BCUT2D eigenvalue weighted by Crippen LogP contribution is 2.20. The lowest BCUT2D eigenvalue weighted by Crippen LogP contribution is -2.31. The molecule has 178 valence electrons. The van der Waals surface area contributed by atoms with Gasteiger partial charge in [0.2, 0.25) is 10.0 Å². The quantitative estimate of drug-likeness (QED) is 0.330. The van der Waals surface area contributed by atoms with Crippen LogP contribution in [0, 0.1) is 5.82 Å². The summed E-state index contributed by atoms with van der Waals surface area (Å²) in [6.07, 6.45) is 2.94. The minimum atomic E-state index is -3.81. The van der Waals surface area contributed by atoms with Crippen LogP contribution in [0.4, 0.5) is 4.39 Å². The molecule has 0 fully saturated rings. The van der Waals surface area contributed by atoms with Gasteiger partial charge in [-0.3, -0.25) is 9.59 Å². The van der Waals surface area contributed by atoms with Gasteiger partial charge in [0.05, 0.1) is 22.2 Å². The minimum absolute atomic E-state index is 0.00541. The number of amides is 1. The number of benzene rings is 2. The molecule has 11 heteroatoms. The third-order valence-electron chi connectivity index (χ3n) is 4.76. The van der Waals surface area contributed by atoms with Crippen molar-refractivity contribution in [1.82, 2.24) is 8.87 Å². The number of esters is 1. The highest BCUT2D eigenvalue weighted by Gasteiger charge is 2.22. The Morgan fingerprint density at radius 3 is 2.38 bits per heavy atom. The van der Waals surface area contributed by atoms with E-state index in [0.717, 1.165) is 11.3 Å². The van der Waals surface area contributed by atoms with E-state index >= 15 is 0 Å². The normalized spacial score (nSPS) is 12.1. The Kier molecular flexibility index (Phi) is 7.92. The first-order valence-corrected chi connectivity index (χ1v) is 12.2. The van der Waals surface area contributed by atoms with E-state index in [1.165, 1.54) is 70.6 Å². The highest BCUT2D eigenvalue weighted by molar-refractivity contribution is 7.89. The van der Waals surface area contributed by atoms with Gasteiger partial charge in [-0.05, 0) is 42.5 Å². The number of methoxy groups -OCH3 is 1. The first-order chi connectivity index (χ1) is 16.2. The van der Waals surface area contributed by atoms with Gasteiger partial charge in [-0.2, -0.15) is 9.30 Å². The average Bonchev–Trinajstić information content (AvgIpc) is 3.14. The third-order valence-corrected chi connectivity index (χ3v) is 7.65. The number of fused-ring (bicyclic) bond motifs is 1. The second kappa shape index (κ2) is 10.7. The summed E-state index contributed by atoms with van der Waals surface area (Å²) in [7, 11) is -2.58. The first kappa shape index (κ1) is 25.2. The van der Waals surface area contributed by atoms with Gasteiger partial charge >= 0.3 is 5.97 Å². The molecule has 0 saturated heterocycles. The third kappa shape index (κ3) is 5.38. The molecule has 0 aliphatic heterocycles. The van der Waals surface area contributed by atoms with E-state index in [9.17, 15) is 22.4 Å². The number of hydrogen-bond acceptors (Lipinski definition) is 6. The van der Waals surface area contributed by atoms with Gasteiger partial charge in [-0.15, -0.1) is 13.2 Å². The Balaban J connectivity index is 1.99. The summed E-state index contributed by atoms with van der Waals surface area (Å²) in [5.41, 5.74) is 0.667. The summed E-state index contributed by atoms with van der Waals surface area (Å²) >= 11 is 1.04. The molecule has 0 radical (unpaired) electrons. The summed E-state index contributed by atoms with van der Waals surface area (Å²) in [5.74, 6) is -1.67. The Morgan fingerprint density at radius 1 is 1.15 bits per heavy atom. The predicted molar refractivity (Wildman–Crippen MR) is 127 cm³/mol. The smallest absolute Gasteiger partial charge is 0.325 e. The molecule has 0 bridgehead atoms. The second-order valence-corrected chi connectivity index (χ2v) is 9.95. The van der Waals surface area contributed by atoms with Crippen molar-refractivity contribution in [1.29, 1.82) is 0 Å². The van der Waals surface area contributed by atoms with Crippen molar-refractivity contribution in [2.45, 2.75) is 11.4 Å². The van der Waals surface area contributed by atoms with Gasteiger partial charge in [0.1, 0.15) is 12.4 Å². The van der Waals surface area contributed by atoms with E-state index in [1.807, 2.05) is 0 Å². The van der Waals surface area contributed by atoms with Crippen LogP contribution in [0.2, 0.25) is 0 Å². The predicted octanol–water partition coefficient (Wildman–Crippen LogP) is 3.12. The van der Waals surface area contributed by atoms with E-state index in [1.54, 1.807) is 0 Å². The fourth-order valence-corrected chi connectivity index (χ4v) is 5.54. The zero-order valence-electron chi connectivity index (χ0n) is 18.3. The highest BCUT2D eigenvalue weighted by atomic mass is 32.2. The zero-order valence-corrected chi connectivity index (χ0v) is 19.9. The van der Waals surface area contributed by atoms with E-state index < -0.39 is 27.7 Å². The van der Waals surface area contributed by atoms with E-state index in [2.05, 4.69) is 18.2 Å². The Morgan fingerprint density at radius 2 is 1.79 bits per heavy atom. The van der Waals surface area contributed by atoms with Crippen LogP contribution in [0.3, 0.4) is 0 Å². The molecule has 1 amide bonds. The maximum Gasteiger partial charge on any atom is 0.325 e. The number of carbonyl (C=O) groups is 2. The second-order valence-electron chi connectivity index (χ2n) is 7.00. The molecule has 0 aliphatic carbocycles. The molecule has 0 unspecified atom stereocenters. The van der Waals surface area contributed by atoms with Crippen molar-refractivity contribution < 1.29 is 27.1 Å². The molecule has 3 rings (SSSR count). The van der Waals surface area contributed by atoms with Crippen LogP contribution in [0.1, 0.15) is 10.4 Å². The molecule has 1 heterocycles. The molecule has 0 saturated carbocycles. The zero-order chi connectivity index (χ0) is 24.9. The molecular formula is C23H22FN3O5S2. The van der Waals surface area contributed by atoms with Gasteiger partial charge in [0.25, 0.3) is 5.91 Å². The molecule has 2 aromatic carbocycles. The number of nitrogens with zero attached hydrogens (tertiary/aromatic N) is 3. The Labute approximate surface area is 200 Å². The summed E-state index contributed by atoms with van der Waals surface area (Å²) in [5, 5.41) is 0. The van der Waals surface area contributed by atoms with Gasteiger partial charge in [0, 0.05) is 18.7 Å². The van der Waals surface area contributed by atoms with Crippen LogP contribution < -0.4 is 4.80 Å². The molecular weight excluding hydrogens is 481 g/mol. The Bertz CT molecular complexity index is 1410. The lowest BCUT2D eigenvalue weighted by atomic mass is 10.2. The van der Waals surface area contributed by atoms with Crippen LogP contribution in [0.5, 0.6) is 0 Å². The first-order valence-electron chi connectivity index (χ1n) is 9.98. The number of rotatable bonds is 9. The molecule has 0 atom stereocenters. The van der Waals surface area contributed by atoms with Crippen LogP contribution >= 0.6 is 11.3 Å². The summed E-state index contributed by atoms with van der Waals surface area (Å²) < 4.78 is 47.2. The monoisotopic (exact) mass is 503 g/mol. The number of aromatic nitrogens is 1. The number of sulfonamides is 1. The fourth-order valence-electron chi connectivity index (χ4n) is 3.11. The van der Waals surface area contributed by atoms with Crippen molar-refractivity contribution in [3.05, 3.63) is 84.0 Å². The van der Waals surface area contributed by atoms with Gasteiger partial charge in [0.15, 0.2) is 4.80 Å². The van der Waals surface area contributed by atoms with Crippen molar-refractivity contribution in [3.8, 4) is 0 Å². The van der Waals surface area contributed by atoms with Crippen LogP contribution in [0.15, 0.2) is 77.7 Å². The van der Waals surface area contributed by atoms with Crippen molar-refractivity contribution in [2.75, 3.05) is 20.2 Å². The number of ether oxygens (including phenoxy) is 1. The van der Waals surface area contributed by atoms with Gasteiger partial charge in [-0.1, -0.05) is 23.5 Å². The van der Waals surface area contributed by atoms with Crippen molar-refractivity contribution in [2.24, 2.45) is 4.99 Å². The van der Waals surface area contributed by atoms with Crippen LogP contribution in [-0.4, -0.2) is 49.4 Å². The largest absolute Gasteiger partial charge is 0.468 e. The molecule has 3 aromatic rings. The molecule has 1 aromatic heterocycles. The SMILES string of the molecule is C=CCN(CC=C)S(=O)(=O)c1ccc(C(=O)N=c2sc3cc(F)ccc3n2CC(=O)OC)cc1. The minimum Gasteiger partial charge on any atom is -0.468 e. The van der Waals surface area contributed by atoms with Gasteiger partial charge < -0.3 is 9.30 Å². The van der Waals surface area contributed by atoms with Crippen LogP contribution in [0.25, 0.3) is 10.2 Å². The molecule has 8 nitrogen and oxygen atoms in total. The molecule has 0 aliphatic rings. The van der Waals surface area contributed by atoms with Crippen molar-refractivity contribution >= 4 is 43.5 Å². The summed E-state index contributed by atoms with van der Waals surface area (Å²) in [6, 6.07) is 9.38. The lowest BCUT2D eigenvalue weighted by molar-refractivity contribution is -0.141. The van der Waals surface area contributed by atoms with E-state index in [0.29, 0.717) is 10.2 Å². The molecule has 34 heavy (non-hydrogen) atoms. The van der Waals surface area contributed by atoms with E-state index in [4.69, 9.17) is 4.74 Å². The maximum atomic E-state index is 13.7. The van der Waals surface area contributed by atoms with E-state index in [-0.39, 0.29) is 34.9 Å². The summed E-state index contributed by atoms with van der Waals surface area (Å²) in [6.45, 7) is 7.14. The Hall–Kier alpha value is -3.41. The number of thiazole rings is 1. The van der Waals surface area contributed by atoms with Gasteiger partial charge in [-0.25, -0.2) is 12.8 Å². The topological polar surface area (TPSA) is 98.0 Å². The molecule has 0 N–H and O–H groups in total. The molecule has 0 spiro atoms. The standard InChI is InChI=1S/C23H22FN3O5S2/c1-4-12-26(13-5-2)34(30,31)18-9-6-16(7-10-18)22(29)25-23-27(15-21(28)32-3)19-11-8-17(24)14-20(19)33-23/h4-11,14H,1-2,12-13,15H2,3H3. The fraction of sp³-hybridized carbons (Fsp3) is 0.174. The summed E-state index contributed by atoms with van der Waals surface area (Å²) in [4.78, 5) is 29.0. The maximum absolute atomic E-state index is 13.7. The number of hydrogen-bond donors (Lipinski definition) is 0. The number of carbonyl (C=O) groups excluding carboxylic acids is 2. The van der Waals surface area contributed by atoms with Crippen molar-refractivity contribution in [3.63, 3.8) is 0 Å². The average molecular weight is 504 g/mol. The van der Waals surface area contributed by atoms with Crippen LogP contribution in [-0.2, 0) is 26.1 Å².